The highest BCUT2D eigenvalue weighted by Gasteiger charge is 2.20. The second kappa shape index (κ2) is 11.0. The van der Waals surface area contributed by atoms with Gasteiger partial charge < -0.3 is 10.6 Å². The zero-order chi connectivity index (χ0) is 21.3. The summed E-state index contributed by atoms with van der Waals surface area (Å²) >= 11 is 3.00. The van der Waals surface area contributed by atoms with Crippen molar-refractivity contribution in [2.24, 2.45) is 0 Å². The molecule has 0 saturated carbocycles. The average Bonchev–Trinajstić information content (AvgIpc) is 3.17. The van der Waals surface area contributed by atoms with Gasteiger partial charge in [-0.3, -0.25) is 14.0 Å². The number of carbonyl (C=O) groups excluding carboxylic acids is 2. The van der Waals surface area contributed by atoms with Crippen molar-refractivity contribution in [3.8, 4) is 0 Å². The zero-order valence-electron chi connectivity index (χ0n) is 17.0. The van der Waals surface area contributed by atoms with E-state index < -0.39 is 0 Å². The van der Waals surface area contributed by atoms with E-state index in [1.165, 1.54) is 11.8 Å². The normalized spacial score (nSPS) is 11.9. The second-order valence-corrected chi connectivity index (χ2v) is 8.77. The van der Waals surface area contributed by atoms with Crippen LogP contribution in [0.5, 0.6) is 0 Å². The molecule has 3 rings (SSSR count). The highest BCUT2D eigenvalue weighted by Crippen LogP contribution is 2.18. The molecule has 0 saturated heterocycles. The van der Waals surface area contributed by atoms with Gasteiger partial charge in [-0.15, -0.1) is 22.0 Å². The van der Waals surface area contributed by atoms with E-state index in [-0.39, 0.29) is 29.4 Å². The minimum absolute atomic E-state index is 0.123. The van der Waals surface area contributed by atoms with E-state index in [0.717, 1.165) is 34.9 Å². The molecule has 2 N–H and O–H groups in total. The molecular formula is C21H25N5O2S2. The third-order valence-electron chi connectivity index (χ3n) is 4.40. The van der Waals surface area contributed by atoms with Gasteiger partial charge in [-0.05, 0) is 49.6 Å². The Balaban J connectivity index is 1.52. The van der Waals surface area contributed by atoms with E-state index >= 15 is 0 Å². The van der Waals surface area contributed by atoms with Gasteiger partial charge in [-0.25, -0.2) is 0 Å². The van der Waals surface area contributed by atoms with Gasteiger partial charge in [-0.2, -0.15) is 11.8 Å². The Bertz CT molecular complexity index is 990. The maximum absolute atomic E-state index is 12.5. The van der Waals surface area contributed by atoms with Gasteiger partial charge in [-0.1, -0.05) is 23.8 Å². The molecule has 1 atom stereocenters. The Morgan fingerprint density at radius 3 is 2.60 bits per heavy atom. The van der Waals surface area contributed by atoms with E-state index in [1.54, 1.807) is 11.8 Å². The van der Waals surface area contributed by atoms with Gasteiger partial charge in [0, 0.05) is 11.9 Å². The van der Waals surface area contributed by atoms with Crippen molar-refractivity contribution in [3.63, 3.8) is 0 Å². The van der Waals surface area contributed by atoms with Gasteiger partial charge >= 0.3 is 0 Å². The number of benzene rings is 1. The summed E-state index contributed by atoms with van der Waals surface area (Å²) < 4.78 is 1.90. The monoisotopic (exact) mass is 443 g/mol. The zero-order valence-corrected chi connectivity index (χ0v) is 18.6. The molecule has 7 nitrogen and oxygen atoms in total. The van der Waals surface area contributed by atoms with Crippen LogP contribution in [-0.2, 0) is 9.59 Å². The largest absolute Gasteiger partial charge is 0.345 e. The molecule has 158 valence electrons. The number of amides is 2. The summed E-state index contributed by atoms with van der Waals surface area (Å²) in [6.45, 7) is 1.99. The third-order valence-corrected chi connectivity index (χ3v) is 5.98. The number of fused-ring (bicyclic) bond motifs is 1. The molecule has 2 heterocycles. The number of aromatic nitrogens is 3. The van der Waals surface area contributed by atoms with Crippen molar-refractivity contribution in [3.05, 3.63) is 60.0 Å². The van der Waals surface area contributed by atoms with Crippen LogP contribution in [0.4, 0.5) is 5.69 Å². The van der Waals surface area contributed by atoms with Crippen molar-refractivity contribution in [2.75, 3.05) is 28.8 Å². The smallest absolute Gasteiger partial charge is 0.234 e. The van der Waals surface area contributed by atoms with Crippen LogP contribution in [0.25, 0.3) is 5.65 Å². The molecule has 2 amide bonds. The van der Waals surface area contributed by atoms with Crippen LogP contribution in [0.2, 0.25) is 0 Å². The van der Waals surface area contributed by atoms with Gasteiger partial charge in [0.05, 0.1) is 17.5 Å². The van der Waals surface area contributed by atoms with Crippen molar-refractivity contribution in [1.29, 1.82) is 0 Å². The summed E-state index contributed by atoms with van der Waals surface area (Å²) in [5.41, 5.74) is 2.64. The van der Waals surface area contributed by atoms with E-state index in [0.29, 0.717) is 0 Å². The molecule has 0 aliphatic rings. The molecule has 3 aromatic rings. The minimum Gasteiger partial charge on any atom is -0.345 e. The van der Waals surface area contributed by atoms with Crippen LogP contribution in [0, 0.1) is 6.92 Å². The SMILES string of the molecule is CSCCC(NC(=O)CSCC(=O)Nc1ccc(C)cc1)c1nnc2ccccn12. The van der Waals surface area contributed by atoms with Gasteiger partial charge in [0.15, 0.2) is 11.5 Å². The molecule has 0 bridgehead atoms. The number of hydrogen-bond acceptors (Lipinski definition) is 6. The molecule has 0 aliphatic heterocycles. The molecule has 0 fully saturated rings. The number of carbonyl (C=O) groups is 2. The lowest BCUT2D eigenvalue weighted by Crippen LogP contribution is -2.32. The summed E-state index contributed by atoms with van der Waals surface area (Å²) in [6.07, 6.45) is 4.68. The van der Waals surface area contributed by atoms with Crippen molar-refractivity contribution < 1.29 is 9.59 Å². The van der Waals surface area contributed by atoms with Crippen LogP contribution < -0.4 is 10.6 Å². The van der Waals surface area contributed by atoms with Gasteiger partial charge in [0.2, 0.25) is 11.8 Å². The molecule has 0 spiro atoms. The number of pyridine rings is 1. The fraction of sp³-hybridized carbons (Fsp3) is 0.333. The molecule has 30 heavy (non-hydrogen) atoms. The van der Waals surface area contributed by atoms with Crippen LogP contribution in [0.1, 0.15) is 23.9 Å². The number of nitrogens with zero attached hydrogens (tertiary/aromatic N) is 3. The van der Waals surface area contributed by atoms with Crippen molar-refractivity contribution in [1.82, 2.24) is 19.9 Å². The molecule has 0 aliphatic carbocycles. The second-order valence-electron chi connectivity index (χ2n) is 6.80. The summed E-state index contributed by atoms with van der Waals surface area (Å²) in [6, 6.07) is 13.1. The minimum atomic E-state index is -0.232. The number of hydrogen-bond donors (Lipinski definition) is 2. The summed E-state index contributed by atoms with van der Waals surface area (Å²) in [7, 11) is 0. The van der Waals surface area contributed by atoms with E-state index in [9.17, 15) is 9.59 Å². The molecule has 2 aromatic heterocycles. The van der Waals surface area contributed by atoms with Crippen LogP contribution in [0.15, 0.2) is 48.7 Å². The highest BCUT2D eigenvalue weighted by molar-refractivity contribution is 8.00. The maximum Gasteiger partial charge on any atom is 0.234 e. The molecule has 0 radical (unpaired) electrons. The van der Waals surface area contributed by atoms with Crippen molar-refractivity contribution >= 4 is 46.7 Å². The van der Waals surface area contributed by atoms with Crippen LogP contribution >= 0.6 is 23.5 Å². The Labute approximate surface area is 184 Å². The highest BCUT2D eigenvalue weighted by atomic mass is 32.2. The Hall–Kier alpha value is -2.52. The number of anilines is 1. The predicted molar refractivity (Wildman–Crippen MR) is 124 cm³/mol. The first-order valence-electron chi connectivity index (χ1n) is 9.59. The fourth-order valence-corrected chi connectivity index (χ4v) is 4.01. The topological polar surface area (TPSA) is 88.4 Å². The Morgan fingerprint density at radius 2 is 1.83 bits per heavy atom. The quantitative estimate of drug-likeness (QED) is 0.500. The lowest BCUT2D eigenvalue weighted by Gasteiger charge is -2.17. The lowest BCUT2D eigenvalue weighted by atomic mass is 10.2. The molecule has 1 aromatic carbocycles. The fourth-order valence-electron chi connectivity index (χ4n) is 2.91. The first-order valence-corrected chi connectivity index (χ1v) is 12.1. The van der Waals surface area contributed by atoms with Crippen LogP contribution in [0.3, 0.4) is 0 Å². The first-order chi connectivity index (χ1) is 14.6. The van der Waals surface area contributed by atoms with Crippen molar-refractivity contribution in [2.45, 2.75) is 19.4 Å². The lowest BCUT2D eigenvalue weighted by molar-refractivity contribution is -0.119. The third kappa shape index (κ3) is 6.24. The number of nitrogens with one attached hydrogen (secondary N) is 2. The van der Waals surface area contributed by atoms with Crippen LogP contribution in [-0.4, -0.2) is 49.9 Å². The summed E-state index contributed by atoms with van der Waals surface area (Å²) in [5.74, 6) is 1.77. The number of rotatable bonds is 10. The molecular weight excluding hydrogens is 418 g/mol. The Morgan fingerprint density at radius 1 is 1.07 bits per heavy atom. The predicted octanol–water partition coefficient (Wildman–Crippen LogP) is 3.32. The summed E-state index contributed by atoms with van der Waals surface area (Å²) in [4.78, 5) is 24.6. The number of aryl methyl sites for hydroxylation is 1. The summed E-state index contributed by atoms with van der Waals surface area (Å²) in [5, 5.41) is 14.3. The van der Waals surface area contributed by atoms with Gasteiger partial charge in [0.25, 0.3) is 0 Å². The van der Waals surface area contributed by atoms with E-state index in [4.69, 9.17) is 0 Å². The molecule has 9 heteroatoms. The van der Waals surface area contributed by atoms with E-state index in [1.807, 2.05) is 66.2 Å². The standard InChI is InChI=1S/C21H25N5O2S2/c1-15-6-8-16(9-7-15)22-19(27)13-30-14-20(28)23-17(10-12-29-2)21-25-24-18-5-3-4-11-26(18)21/h3-9,11,17H,10,12-14H2,1-2H3,(H,22,27)(H,23,28). The average molecular weight is 444 g/mol. The van der Waals surface area contributed by atoms with Gasteiger partial charge in [0.1, 0.15) is 0 Å². The first kappa shape index (κ1) is 22.2. The van der Waals surface area contributed by atoms with E-state index in [2.05, 4.69) is 20.8 Å². The Kier molecular flexibility index (Phi) is 8.15. The number of thioether (sulfide) groups is 2. The molecule has 1 unspecified atom stereocenters. The maximum atomic E-state index is 12.5.